The van der Waals surface area contributed by atoms with Crippen LogP contribution >= 0.6 is 11.3 Å². The Balaban J connectivity index is 1.90. The van der Waals surface area contributed by atoms with E-state index in [-0.39, 0.29) is 0 Å². The largest absolute Gasteiger partial charge is 0.455 e. The van der Waals surface area contributed by atoms with Gasteiger partial charge in [-0.3, -0.25) is 4.98 Å². The predicted molar refractivity (Wildman–Crippen MR) is 102 cm³/mol. The lowest BCUT2D eigenvalue weighted by Crippen LogP contribution is -1.88. The van der Waals surface area contributed by atoms with Crippen LogP contribution in [-0.4, -0.2) is 4.98 Å². The zero-order valence-corrected chi connectivity index (χ0v) is 14.3. The topological polar surface area (TPSA) is 26.0 Å². The first kappa shape index (κ1) is 13.8. The van der Waals surface area contributed by atoms with Gasteiger partial charge in [0.05, 0.1) is 5.69 Å². The number of hydrogen-bond acceptors (Lipinski definition) is 3. The number of nitrogens with zero attached hydrogens (tertiary/aromatic N) is 1. The molecule has 0 atom stereocenters. The number of aromatic nitrogens is 1. The maximum Gasteiger partial charge on any atom is 0.144 e. The second-order valence-corrected chi connectivity index (χ2v) is 7.13. The fraction of sp³-hybridized carbons (Fsp3) is 0.0952. The SMILES string of the molecule is Cc1cnc(-c2cccc3c2oc2ccc4ccsc4c23)cc1C. The minimum atomic E-state index is 0.921. The molecule has 0 aliphatic heterocycles. The molecule has 0 saturated carbocycles. The molecular formula is C21H15NOS. The van der Waals surface area contributed by atoms with E-state index in [0.29, 0.717) is 0 Å². The van der Waals surface area contributed by atoms with Gasteiger partial charge in [-0.05, 0) is 66.1 Å². The van der Waals surface area contributed by atoms with Crippen molar-refractivity contribution in [2.75, 3.05) is 0 Å². The van der Waals surface area contributed by atoms with Crippen molar-refractivity contribution in [2.45, 2.75) is 13.8 Å². The van der Waals surface area contributed by atoms with E-state index in [9.17, 15) is 0 Å². The Morgan fingerprint density at radius 2 is 1.92 bits per heavy atom. The molecule has 0 N–H and O–H groups in total. The van der Waals surface area contributed by atoms with Gasteiger partial charge in [0.25, 0.3) is 0 Å². The fourth-order valence-corrected chi connectivity index (χ4v) is 4.23. The molecule has 0 saturated heterocycles. The lowest BCUT2D eigenvalue weighted by Gasteiger charge is -2.05. The maximum absolute atomic E-state index is 6.25. The third-order valence-electron chi connectivity index (χ3n) is 4.73. The average molecular weight is 329 g/mol. The third kappa shape index (κ3) is 1.85. The molecule has 0 aliphatic rings. The molecule has 3 heteroatoms. The molecule has 2 nitrogen and oxygen atoms in total. The maximum atomic E-state index is 6.25. The molecule has 3 aromatic heterocycles. The van der Waals surface area contributed by atoms with E-state index in [1.807, 2.05) is 6.20 Å². The highest BCUT2D eigenvalue weighted by Crippen LogP contribution is 2.40. The summed E-state index contributed by atoms with van der Waals surface area (Å²) in [7, 11) is 0. The summed E-state index contributed by atoms with van der Waals surface area (Å²) in [5.41, 5.74) is 6.33. The van der Waals surface area contributed by atoms with Gasteiger partial charge in [0.1, 0.15) is 11.2 Å². The number of furan rings is 1. The number of fused-ring (bicyclic) bond motifs is 5. The van der Waals surface area contributed by atoms with Crippen LogP contribution in [0.4, 0.5) is 0 Å². The summed E-state index contributed by atoms with van der Waals surface area (Å²) in [6, 6.07) is 14.8. The highest BCUT2D eigenvalue weighted by Gasteiger charge is 2.15. The van der Waals surface area contributed by atoms with E-state index in [1.54, 1.807) is 11.3 Å². The Morgan fingerprint density at radius 3 is 2.79 bits per heavy atom. The second kappa shape index (κ2) is 4.92. The van der Waals surface area contributed by atoms with E-state index in [1.165, 1.54) is 26.6 Å². The van der Waals surface area contributed by atoms with Crippen molar-refractivity contribution in [3.05, 3.63) is 65.2 Å². The third-order valence-corrected chi connectivity index (χ3v) is 5.68. The first-order valence-corrected chi connectivity index (χ1v) is 8.85. The molecule has 24 heavy (non-hydrogen) atoms. The van der Waals surface area contributed by atoms with Gasteiger partial charge in [0.15, 0.2) is 0 Å². The summed E-state index contributed by atoms with van der Waals surface area (Å²) >= 11 is 1.77. The quantitative estimate of drug-likeness (QED) is 0.352. The standard InChI is InChI=1S/C21H15NOS/c1-12-10-17(22-11-13(12)2)15-4-3-5-16-19-18(23-20(15)16)7-6-14-8-9-24-21(14)19/h3-11H,1-2H3. The molecule has 0 amide bonds. The van der Waals surface area contributed by atoms with Crippen LogP contribution in [0.2, 0.25) is 0 Å². The van der Waals surface area contributed by atoms with Crippen molar-refractivity contribution < 1.29 is 4.42 Å². The molecule has 116 valence electrons. The normalized spacial score (nSPS) is 11.8. The van der Waals surface area contributed by atoms with Gasteiger partial charge in [-0.2, -0.15) is 0 Å². The summed E-state index contributed by atoms with van der Waals surface area (Å²) < 4.78 is 7.54. The summed E-state index contributed by atoms with van der Waals surface area (Å²) in [6.45, 7) is 4.20. The Morgan fingerprint density at radius 1 is 1.00 bits per heavy atom. The molecule has 0 unspecified atom stereocenters. The van der Waals surface area contributed by atoms with Crippen LogP contribution in [0.5, 0.6) is 0 Å². The van der Waals surface area contributed by atoms with Crippen LogP contribution < -0.4 is 0 Å². The fourth-order valence-electron chi connectivity index (χ4n) is 3.28. The van der Waals surface area contributed by atoms with Gasteiger partial charge >= 0.3 is 0 Å². The number of hydrogen-bond donors (Lipinski definition) is 0. The van der Waals surface area contributed by atoms with Gasteiger partial charge in [-0.25, -0.2) is 0 Å². The summed E-state index contributed by atoms with van der Waals surface area (Å²) in [5, 5.41) is 5.78. The first-order chi connectivity index (χ1) is 11.7. The predicted octanol–water partition coefficient (Wildman–Crippen LogP) is 6.48. The van der Waals surface area contributed by atoms with E-state index >= 15 is 0 Å². The number of aryl methyl sites for hydroxylation is 2. The van der Waals surface area contributed by atoms with Crippen LogP contribution in [0.3, 0.4) is 0 Å². The molecule has 3 heterocycles. The minimum Gasteiger partial charge on any atom is -0.455 e. The van der Waals surface area contributed by atoms with Crippen molar-refractivity contribution in [3.63, 3.8) is 0 Å². The molecule has 5 aromatic rings. The van der Waals surface area contributed by atoms with Gasteiger partial charge < -0.3 is 4.42 Å². The van der Waals surface area contributed by atoms with Crippen LogP contribution in [0.25, 0.3) is 43.3 Å². The van der Waals surface area contributed by atoms with Gasteiger partial charge in [-0.15, -0.1) is 11.3 Å². The van der Waals surface area contributed by atoms with Crippen LogP contribution in [-0.2, 0) is 0 Å². The molecule has 0 aliphatic carbocycles. The van der Waals surface area contributed by atoms with E-state index < -0.39 is 0 Å². The van der Waals surface area contributed by atoms with Crippen molar-refractivity contribution in [3.8, 4) is 11.3 Å². The molecular weight excluding hydrogens is 314 g/mol. The van der Waals surface area contributed by atoms with E-state index in [4.69, 9.17) is 4.42 Å². The molecule has 0 fully saturated rings. The van der Waals surface area contributed by atoms with Gasteiger partial charge in [0.2, 0.25) is 0 Å². The summed E-state index contributed by atoms with van der Waals surface area (Å²) in [6.07, 6.45) is 1.93. The Bertz CT molecular complexity index is 1230. The van der Waals surface area contributed by atoms with Crippen molar-refractivity contribution in [2.24, 2.45) is 0 Å². The lowest BCUT2D eigenvalue weighted by atomic mass is 10.0. The number of thiophene rings is 1. The summed E-state index contributed by atoms with van der Waals surface area (Å²) in [4.78, 5) is 4.62. The van der Waals surface area contributed by atoms with Gasteiger partial charge in [-0.1, -0.05) is 12.1 Å². The zero-order chi connectivity index (χ0) is 16.3. The van der Waals surface area contributed by atoms with Crippen molar-refractivity contribution in [1.82, 2.24) is 4.98 Å². The van der Waals surface area contributed by atoms with Crippen LogP contribution in [0, 0.1) is 13.8 Å². The molecule has 0 radical (unpaired) electrons. The van der Waals surface area contributed by atoms with Crippen LogP contribution in [0.15, 0.2) is 58.5 Å². The number of pyridine rings is 1. The van der Waals surface area contributed by atoms with E-state index in [0.717, 1.165) is 27.8 Å². The van der Waals surface area contributed by atoms with E-state index in [2.05, 4.69) is 66.7 Å². The van der Waals surface area contributed by atoms with Crippen molar-refractivity contribution >= 4 is 43.4 Å². The Labute approximate surface area is 143 Å². The van der Waals surface area contributed by atoms with Crippen LogP contribution in [0.1, 0.15) is 11.1 Å². The molecule has 5 rings (SSSR count). The Kier molecular flexibility index (Phi) is 2.82. The average Bonchev–Trinajstić information content (AvgIpc) is 3.20. The lowest BCUT2D eigenvalue weighted by molar-refractivity contribution is 0.670. The smallest absolute Gasteiger partial charge is 0.144 e. The minimum absolute atomic E-state index is 0.921. The zero-order valence-electron chi connectivity index (χ0n) is 13.5. The highest BCUT2D eigenvalue weighted by atomic mass is 32.1. The van der Waals surface area contributed by atoms with Crippen molar-refractivity contribution in [1.29, 1.82) is 0 Å². The monoisotopic (exact) mass is 329 g/mol. The second-order valence-electron chi connectivity index (χ2n) is 6.22. The van der Waals surface area contributed by atoms with Gasteiger partial charge in [0, 0.05) is 27.2 Å². The molecule has 0 spiro atoms. The summed E-state index contributed by atoms with van der Waals surface area (Å²) in [5.74, 6) is 0. The number of rotatable bonds is 1. The highest BCUT2D eigenvalue weighted by molar-refractivity contribution is 7.18. The number of benzene rings is 2. The number of para-hydroxylation sites is 1. The molecule has 0 bridgehead atoms. The first-order valence-electron chi connectivity index (χ1n) is 7.97. The Hall–Kier alpha value is -2.65. The molecule has 2 aromatic carbocycles.